The lowest BCUT2D eigenvalue weighted by atomic mass is 10.1. The lowest BCUT2D eigenvalue weighted by Gasteiger charge is -2.21. The van der Waals surface area contributed by atoms with Gasteiger partial charge in [0.15, 0.2) is 0 Å². The van der Waals surface area contributed by atoms with Crippen LogP contribution in [-0.2, 0) is 11.2 Å². The quantitative estimate of drug-likeness (QED) is 0.879. The van der Waals surface area contributed by atoms with Crippen LogP contribution in [0.2, 0.25) is 5.02 Å². The Balaban J connectivity index is 2.14. The van der Waals surface area contributed by atoms with E-state index in [0.717, 1.165) is 5.56 Å². The van der Waals surface area contributed by atoms with Crippen molar-refractivity contribution in [2.24, 2.45) is 0 Å². The third-order valence-corrected chi connectivity index (χ3v) is 3.61. The van der Waals surface area contributed by atoms with Gasteiger partial charge < -0.3 is 10.6 Å². The summed E-state index contributed by atoms with van der Waals surface area (Å²) >= 11 is 6.08. The lowest BCUT2D eigenvalue weighted by molar-refractivity contribution is -0.115. The molecule has 0 bridgehead atoms. The molecule has 0 spiro atoms. The molecule has 0 unspecified atom stereocenters. The molecular weight excluding hydrogens is 324 g/mol. The Bertz CT molecular complexity index is 751. The van der Waals surface area contributed by atoms with Crippen LogP contribution in [0.15, 0.2) is 48.5 Å². The zero-order valence-corrected chi connectivity index (χ0v) is 14.8. The summed E-state index contributed by atoms with van der Waals surface area (Å²) in [6.45, 7) is 5.72. The highest BCUT2D eigenvalue weighted by molar-refractivity contribution is 6.31. The number of amides is 2. The van der Waals surface area contributed by atoms with Gasteiger partial charge in [-0.2, -0.15) is 0 Å². The summed E-state index contributed by atoms with van der Waals surface area (Å²) in [6.07, 6.45) is 0.148. The number of carbonyl (C=O) groups is 2. The molecule has 0 aliphatic rings. The molecule has 2 rings (SSSR count). The molecule has 2 aromatic carbocycles. The van der Waals surface area contributed by atoms with Crippen molar-refractivity contribution in [3.05, 3.63) is 64.7 Å². The van der Waals surface area contributed by atoms with E-state index in [9.17, 15) is 9.59 Å². The Morgan fingerprint density at radius 2 is 1.62 bits per heavy atom. The zero-order valence-electron chi connectivity index (χ0n) is 14.0. The number of nitrogens with one attached hydrogen (secondary N) is 2. The predicted octanol–water partition coefficient (Wildman–Crippen LogP) is 4.05. The third kappa shape index (κ3) is 5.10. The standard InChI is InChI=1S/C19H21ClN2O2/c1-19(2,3)22-18(24)14-9-5-7-11-16(14)21-17(23)12-13-8-4-6-10-15(13)20/h4-11H,12H2,1-3H3,(H,21,23)(H,22,24). The topological polar surface area (TPSA) is 58.2 Å². The highest BCUT2D eigenvalue weighted by atomic mass is 35.5. The van der Waals surface area contributed by atoms with Crippen molar-refractivity contribution >= 4 is 29.1 Å². The number of hydrogen-bond donors (Lipinski definition) is 2. The Labute approximate surface area is 147 Å². The van der Waals surface area contributed by atoms with E-state index in [1.807, 2.05) is 32.9 Å². The van der Waals surface area contributed by atoms with Crippen LogP contribution in [-0.4, -0.2) is 17.4 Å². The first kappa shape index (κ1) is 18.0. The minimum Gasteiger partial charge on any atom is -0.347 e. The summed E-state index contributed by atoms with van der Waals surface area (Å²) in [4.78, 5) is 24.7. The van der Waals surface area contributed by atoms with Gasteiger partial charge in [0.2, 0.25) is 5.91 Å². The number of anilines is 1. The summed E-state index contributed by atoms with van der Waals surface area (Å²) in [5.74, 6) is -0.449. The second kappa shape index (κ2) is 7.49. The van der Waals surface area contributed by atoms with Gasteiger partial charge in [0.25, 0.3) is 5.91 Å². The Morgan fingerprint density at radius 1 is 1.00 bits per heavy atom. The summed E-state index contributed by atoms with van der Waals surface area (Å²) in [7, 11) is 0. The fourth-order valence-electron chi connectivity index (χ4n) is 2.21. The van der Waals surface area contributed by atoms with Crippen molar-refractivity contribution in [1.82, 2.24) is 5.32 Å². The van der Waals surface area contributed by atoms with Crippen molar-refractivity contribution < 1.29 is 9.59 Å². The molecule has 5 heteroatoms. The van der Waals surface area contributed by atoms with Gasteiger partial charge >= 0.3 is 0 Å². The average Bonchev–Trinajstić information content (AvgIpc) is 2.48. The molecule has 0 aliphatic carbocycles. The maximum absolute atomic E-state index is 12.4. The maximum atomic E-state index is 12.4. The molecule has 0 atom stereocenters. The van der Waals surface area contributed by atoms with Gasteiger partial charge in [0, 0.05) is 10.6 Å². The van der Waals surface area contributed by atoms with Gasteiger partial charge in [-0.25, -0.2) is 0 Å². The van der Waals surface area contributed by atoms with E-state index in [2.05, 4.69) is 10.6 Å². The van der Waals surface area contributed by atoms with E-state index in [1.54, 1.807) is 36.4 Å². The van der Waals surface area contributed by atoms with Gasteiger partial charge in [-0.3, -0.25) is 9.59 Å². The largest absolute Gasteiger partial charge is 0.347 e. The Hall–Kier alpha value is -2.33. The van der Waals surface area contributed by atoms with Crippen molar-refractivity contribution in [3.63, 3.8) is 0 Å². The van der Waals surface area contributed by atoms with Crippen LogP contribution in [0.25, 0.3) is 0 Å². The van der Waals surface area contributed by atoms with Gasteiger partial charge in [-0.05, 0) is 44.5 Å². The third-order valence-electron chi connectivity index (χ3n) is 3.24. The van der Waals surface area contributed by atoms with Crippen LogP contribution >= 0.6 is 11.6 Å². The fourth-order valence-corrected chi connectivity index (χ4v) is 2.41. The number of hydrogen-bond acceptors (Lipinski definition) is 2. The van der Waals surface area contributed by atoms with Crippen molar-refractivity contribution in [3.8, 4) is 0 Å². The minimum absolute atomic E-state index is 0.148. The van der Waals surface area contributed by atoms with Gasteiger partial charge in [-0.1, -0.05) is 41.9 Å². The van der Waals surface area contributed by atoms with Crippen LogP contribution in [0.5, 0.6) is 0 Å². The predicted molar refractivity (Wildman–Crippen MR) is 97.4 cm³/mol. The van der Waals surface area contributed by atoms with E-state index in [1.165, 1.54) is 0 Å². The van der Waals surface area contributed by atoms with Gasteiger partial charge in [-0.15, -0.1) is 0 Å². The molecule has 0 radical (unpaired) electrons. The van der Waals surface area contributed by atoms with Crippen LogP contribution in [0.4, 0.5) is 5.69 Å². The highest BCUT2D eigenvalue weighted by Gasteiger charge is 2.18. The van der Waals surface area contributed by atoms with Crippen LogP contribution in [0, 0.1) is 0 Å². The number of rotatable bonds is 4. The molecule has 4 nitrogen and oxygen atoms in total. The lowest BCUT2D eigenvalue weighted by Crippen LogP contribution is -2.40. The highest BCUT2D eigenvalue weighted by Crippen LogP contribution is 2.19. The first-order valence-electron chi connectivity index (χ1n) is 7.71. The second-order valence-electron chi connectivity index (χ2n) is 6.57. The first-order valence-corrected chi connectivity index (χ1v) is 8.09. The van der Waals surface area contributed by atoms with Crippen molar-refractivity contribution in [2.45, 2.75) is 32.7 Å². The summed E-state index contributed by atoms with van der Waals surface area (Å²) < 4.78 is 0. The van der Waals surface area contributed by atoms with Crippen LogP contribution in [0.1, 0.15) is 36.7 Å². The maximum Gasteiger partial charge on any atom is 0.253 e. The number of carbonyl (C=O) groups excluding carboxylic acids is 2. The summed E-state index contributed by atoms with van der Waals surface area (Å²) in [6, 6.07) is 14.1. The molecule has 2 aromatic rings. The van der Waals surface area contributed by atoms with Crippen LogP contribution < -0.4 is 10.6 Å². The average molecular weight is 345 g/mol. The molecule has 24 heavy (non-hydrogen) atoms. The molecule has 0 aromatic heterocycles. The molecule has 0 saturated heterocycles. The monoisotopic (exact) mass is 344 g/mol. The normalized spacial score (nSPS) is 11.0. The van der Waals surface area contributed by atoms with E-state index in [0.29, 0.717) is 16.3 Å². The first-order chi connectivity index (χ1) is 11.3. The smallest absolute Gasteiger partial charge is 0.253 e. The number of benzene rings is 2. The van der Waals surface area contributed by atoms with E-state index in [-0.39, 0.29) is 23.8 Å². The molecule has 0 heterocycles. The summed E-state index contributed by atoms with van der Waals surface area (Å²) in [5, 5.41) is 6.24. The number of para-hydroxylation sites is 1. The molecule has 2 N–H and O–H groups in total. The van der Waals surface area contributed by atoms with Crippen LogP contribution in [0.3, 0.4) is 0 Å². The molecular formula is C19H21ClN2O2. The molecule has 0 aliphatic heterocycles. The summed E-state index contributed by atoms with van der Waals surface area (Å²) in [5.41, 5.74) is 1.30. The van der Waals surface area contributed by atoms with Gasteiger partial charge in [0.05, 0.1) is 17.7 Å². The zero-order chi connectivity index (χ0) is 17.7. The molecule has 2 amide bonds. The van der Waals surface area contributed by atoms with E-state index >= 15 is 0 Å². The molecule has 0 fully saturated rings. The number of halogens is 1. The van der Waals surface area contributed by atoms with E-state index in [4.69, 9.17) is 11.6 Å². The molecule has 126 valence electrons. The van der Waals surface area contributed by atoms with Crippen molar-refractivity contribution in [1.29, 1.82) is 0 Å². The van der Waals surface area contributed by atoms with E-state index < -0.39 is 0 Å². The minimum atomic E-state index is -0.355. The Kier molecular flexibility index (Phi) is 5.62. The van der Waals surface area contributed by atoms with Crippen molar-refractivity contribution in [2.75, 3.05) is 5.32 Å². The SMILES string of the molecule is CC(C)(C)NC(=O)c1ccccc1NC(=O)Cc1ccccc1Cl. The van der Waals surface area contributed by atoms with Gasteiger partial charge in [0.1, 0.15) is 0 Å². The fraction of sp³-hybridized carbons (Fsp3) is 0.263. The second-order valence-corrected chi connectivity index (χ2v) is 6.97. The molecule has 0 saturated carbocycles. The Morgan fingerprint density at radius 3 is 2.29 bits per heavy atom.